The van der Waals surface area contributed by atoms with Crippen LogP contribution < -0.4 is 10.5 Å². The summed E-state index contributed by atoms with van der Waals surface area (Å²) in [6.45, 7) is 6.83. The predicted octanol–water partition coefficient (Wildman–Crippen LogP) is 3.78. The highest BCUT2D eigenvalue weighted by Gasteiger charge is 2.32. The number of carbonyl (C=O) groups is 2. The van der Waals surface area contributed by atoms with Gasteiger partial charge in [-0.3, -0.25) is 9.59 Å². The summed E-state index contributed by atoms with van der Waals surface area (Å²) in [5, 5.41) is 0. The second-order valence-electron chi connectivity index (χ2n) is 6.50. The molecule has 2 amide bonds. The van der Waals surface area contributed by atoms with Gasteiger partial charge in [0.2, 0.25) is 0 Å². The van der Waals surface area contributed by atoms with Crippen molar-refractivity contribution in [2.45, 2.75) is 25.8 Å². The lowest BCUT2D eigenvalue weighted by atomic mass is 10.1. The Labute approximate surface area is 157 Å². The minimum atomic E-state index is -0.431. The lowest BCUT2D eigenvalue weighted by Gasteiger charge is -2.24. The van der Waals surface area contributed by atoms with E-state index in [1.165, 1.54) is 11.3 Å². The molecule has 3 rings (SSSR count). The van der Waals surface area contributed by atoms with Crippen molar-refractivity contribution in [1.82, 2.24) is 4.90 Å². The summed E-state index contributed by atoms with van der Waals surface area (Å²) in [6.07, 6.45) is 1.82. The van der Waals surface area contributed by atoms with Gasteiger partial charge in [-0.05, 0) is 55.7 Å². The molecular formula is C20H22N2O3S. The molecular weight excluding hydrogens is 348 g/mol. The smallest absolute Gasteiger partial charge is 0.258 e. The van der Waals surface area contributed by atoms with E-state index in [0.29, 0.717) is 29.3 Å². The van der Waals surface area contributed by atoms with Crippen molar-refractivity contribution in [3.8, 4) is 5.75 Å². The molecule has 0 saturated carbocycles. The number of amides is 2. The Kier molecular flexibility index (Phi) is 5.42. The largest absolute Gasteiger partial charge is 0.489 e. The van der Waals surface area contributed by atoms with Crippen LogP contribution in [0.1, 0.15) is 50.7 Å². The molecule has 136 valence electrons. The molecule has 2 N–H and O–H groups in total. The highest BCUT2D eigenvalue weighted by atomic mass is 32.1. The maximum atomic E-state index is 13.0. The van der Waals surface area contributed by atoms with Crippen molar-refractivity contribution in [3.05, 3.63) is 63.9 Å². The number of hydrogen-bond acceptors (Lipinski definition) is 4. The van der Waals surface area contributed by atoms with Crippen LogP contribution in [0.3, 0.4) is 0 Å². The summed E-state index contributed by atoms with van der Waals surface area (Å²) in [6, 6.07) is 10.8. The fourth-order valence-corrected chi connectivity index (χ4v) is 4.07. The van der Waals surface area contributed by atoms with E-state index >= 15 is 0 Å². The molecule has 6 heteroatoms. The molecule has 0 spiro atoms. The van der Waals surface area contributed by atoms with Gasteiger partial charge in [-0.15, -0.1) is 11.3 Å². The Bertz CT molecular complexity index is 843. The van der Waals surface area contributed by atoms with E-state index in [1.54, 1.807) is 18.2 Å². The Hall–Kier alpha value is -2.60. The van der Waals surface area contributed by atoms with Gasteiger partial charge < -0.3 is 15.4 Å². The molecule has 2 aromatic rings. The van der Waals surface area contributed by atoms with Crippen LogP contribution in [-0.2, 0) is 0 Å². The highest BCUT2D eigenvalue weighted by molar-refractivity contribution is 7.14. The average Bonchev–Trinajstić information content (AvgIpc) is 3.28. The van der Waals surface area contributed by atoms with E-state index in [1.807, 2.05) is 30.0 Å². The number of thiophene rings is 1. The molecule has 1 aromatic carbocycles. The highest BCUT2D eigenvalue weighted by Crippen LogP contribution is 2.37. The number of nitrogens with zero attached hydrogens (tertiary/aromatic N) is 1. The third-order valence-corrected chi connectivity index (χ3v) is 5.48. The molecule has 1 aromatic heterocycles. The van der Waals surface area contributed by atoms with Gasteiger partial charge in [0.15, 0.2) is 0 Å². The topological polar surface area (TPSA) is 72.6 Å². The fourth-order valence-electron chi connectivity index (χ4n) is 3.06. The molecule has 1 saturated heterocycles. The number of benzene rings is 1. The van der Waals surface area contributed by atoms with E-state index in [4.69, 9.17) is 10.5 Å². The quantitative estimate of drug-likeness (QED) is 0.787. The van der Waals surface area contributed by atoms with E-state index in [9.17, 15) is 9.59 Å². The van der Waals surface area contributed by atoms with E-state index < -0.39 is 5.91 Å². The van der Waals surface area contributed by atoms with E-state index in [0.717, 1.165) is 23.3 Å². The minimum absolute atomic E-state index is 0.0133. The number of ether oxygens (including phenoxy) is 1. The van der Waals surface area contributed by atoms with Crippen LogP contribution in [0.25, 0.3) is 0 Å². The molecule has 1 aliphatic rings. The van der Waals surface area contributed by atoms with Gasteiger partial charge in [-0.2, -0.15) is 0 Å². The molecule has 0 aliphatic carbocycles. The zero-order chi connectivity index (χ0) is 18.7. The third kappa shape index (κ3) is 3.96. The molecule has 5 nitrogen and oxygen atoms in total. The molecule has 1 atom stereocenters. The molecule has 26 heavy (non-hydrogen) atoms. The molecule has 0 unspecified atom stereocenters. The van der Waals surface area contributed by atoms with Gasteiger partial charge in [0.05, 0.1) is 10.9 Å². The van der Waals surface area contributed by atoms with Gasteiger partial charge >= 0.3 is 0 Å². The molecule has 1 aliphatic heterocycles. The first-order chi connectivity index (χ1) is 12.5. The first-order valence-corrected chi connectivity index (χ1v) is 9.35. The third-order valence-electron chi connectivity index (χ3n) is 4.28. The average molecular weight is 370 g/mol. The molecule has 2 heterocycles. The monoisotopic (exact) mass is 370 g/mol. The maximum Gasteiger partial charge on any atom is 0.258 e. The van der Waals surface area contributed by atoms with Crippen LogP contribution in [-0.4, -0.2) is 29.9 Å². The number of carbonyl (C=O) groups excluding carboxylic acids is 2. The van der Waals surface area contributed by atoms with Crippen LogP contribution in [0, 0.1) is 0 Å². The Balaban J connectivity index is 1.78. The Morgan fingerprint density at radius 3 is 2.85 bits per heavy atom. The van der Waals surface area contributed by atoms with Crippen molar-refractivity contribution < 1.29 is 14.3 Å². The fraction of sp³-hybridized carbons (Fsp3) is 0.300. The number of hydrogen-bond donors (Lipinski definition) is 1. The van der Waals surface area contributed by atoms with Crippen LogP contribution in [0.2, 0.25) is 0 Å². The summed E-state index contributed by atoms with van der Waals surface area (Å²) in [4.78, 5) is 27.8. The van der Waals surface area contributed by atoms with E-state index in [2.05, 4.69) is 6.58 Å². The van der Waals surface area contributed by atoms with E-state index in [-0.39, 0.29) is 11.9 Å². The number of primary amides is 1. The Morgan fingerprint density at radius 1 is 1.35 bits per heavy atom. The summed E-state index contributed by atoms with van der Waals surface area (Å²) >= 11 is 1.37. The first kappa shape index (κ1) is 18.2. The van der Waals surface area contributed by atoms with Crippen LogP contribution in [0.15, 0.2) is 48.6 Å². The van der Waals surface area contributed by atoms with Crippen LogP contribution >= 0.6 is 11.3 Å². The lowest BCUT2D eigenvalue weighted by Crippen LogP contribution is -2.30. The van der Waals surface area contributed by atoms with Crippen molar-refractivity contribution in [2.75, 3.05) is 13.2 Å². The second kappa shape index (κ2) is 7.74. The number of likely N-dealkylation sites (tertiary alicyclic amines) is 1. The SMILES string of the molecule is C=C(C)COc1cccc(C(=O)N2CCC[C@H]2c2ccc(C(N)=O)s2)c1. The molecule has 1 fully saturated rings. The molecule has 0 bridgehead atoms. The summed E-state index contributed by atoms with van der Waals surface area (Å²) in [7, 11) is 0. The molecule has 0 radical (unpaired) electrons. The van der Waals surface area contributed by atoms with Crippen LogP contribution in [0.5, 0.6) is 5.75 Å². The van der Waals surface area contributed by atoms with Gasteiger partial charge in [-0.25, -0.2) is 0 Å². The number of nitrogens with two attached hydrogens (primary N) is 1. The maximum absolute atomic E-state index is 13.0. The standard InChI is InChI=1S/C20H22N2O3S/c1-13(2)12-25-15-6-3-5-14(11-15)20(24)22-10-4-7-16(22)17-8-9-18(26-17)19(21)23/h3,5-6,8-9,11,16H,1,4,7,10,12H2,2H3,(H2,21,23)/t16-/m0/s1. The van der Waals surface area contributed by atoms with Gasteiger partial charge in [0.1, 0.15) is 12.4 Å². The minimum Gasteiger partial charge on any atom is -0.489 e. The zero-order valence-electron chi connectivity index (χ0n) is 14.7. The lowest BCUT2D eigenvalue weighted by molar-refractivity contribution is 0.0737. The van der Waals surface area contributed by atoms with Gasteiger partial charge in [0.25, 0.3) is 11.8 Å². The van der Waals surface area contributed by atoms with Crippen molar-refractivity contribution in [3.63, 3.8) is 0 Å². The number of rotatable bonds is 6. The summed E-state index contributed by atoms with van der Waals surface area (Å²) in [5.74, 6) is 0.198. The predicted molar refractivity (Wildman–Crippen MR) is 103 cm³/mol. The first-order valence-electron chi connectivity index (χ1n) is 8.53. The van der Waals surface area contributed by atoms with Gasteiger partial charge in [-0.1, -0.05) is 12.6 Å². The van der Waals surface area contributed by atoms with Crippen LogP contribution in [0.4, 0.5) is 0 Å². The normalized spacial score (nSPS) is 16.5. The Morgan fingerprint density at radius 2 is 2.15 bits per heavy atom. The van der Waals surface area contributed by atoms with Crippen molar-refractivity contribution in [1.29, 1.82) is 0 Å². The van der Waals surface area contributed by atoms with Crippen molar-refractivity contribution in [2.24, 2.45) is 5.73 Å². The van der Waals surface area contributed by atoms with Gasteiger partial charge in [0, 0.05) is 17.0 Å². The summed E-state index contributed by atoms with van der Waals surface area (Å²) < 4.78 is 5.64. The zero-order valence-corrected chi connectivity index (χ0v) is 15.6. The van der Waals surface area contributed by atoms with Crippen molar-refractivity contribution >= 4 is 23.2 Å². The second-order valence-corrected chi connectivity index (χ2v) is 7.61. The summed E-state index contributed by atoms with van der Waals surface area (Å²) in [5.41, 5.74) is 6.87.